The van der Waals surface area contributed by atoms with Gasteiger partial charge in [0, 0.05) is 18.1 Å². The van der Waals surface area contributed by atoms with E-state index in [1.807, 2.05) is 26.0 Å². The summed E-state index contributed by atoms with van der Waals surface area (Å²) in [4.78, 5) is 0.338. The lowest BCUT2D eigenvalue weighted by Crippen LogP contribution is -2.45. The number of sulfonamides is 1. The maximum Gasteiger partial charge on any atom is 0.241 e. The van der Waals surface area contributed by atoms with E-state index in [1.54, 1.807) is 12.1 Å². The Morgan fingerprint density at radius 2 is 1.76 bits per heavy atom. The maximum absolute atomic E-state index is 12.4. The molecule has 1 aliphatic carbocycles. The molecule has 0 aliphatic heterocycles. The van der Waals surface area contributed by atoms with Crippen LogP contribution in [0.2, 0.25) is 0 Å². The average Bonchev–Trinajstić information content (AvgIpc) is 3.20. The van der Waals surface area contributed by atoms with E-state index in [-0.39, 0.29) is 5.54 Å². The Labute approximate surface area is 128 Å². The van der Waals surface area contributed by atoms with E-state index < -0.39 is 10.0 Å². The van der Waals surface area contributed by atoms with Crippen molar-refractivity contribution >= 4 is 10.0 Å². The zero-order valence-corrected chi connectivity index (χ0v) is 14.1. The van der Waals surface area contributed by atoms with Crippen LogP contribution in [0.5, 0.6) is 0 Å². The monoisotopic (exact) mass is 310 g/mol. The largest absolute Gasteiger partial charge is 0.310 e. The molecule has 1 aromatic carbocycles. The Hall–Kier alpha value is -0.910. The van der Waals surface area contributed by atoms with Gasteiger partial charge in [-0.1, -0.05) is 26.0 Å². The highest BCUT2D eigenvalue weighted by Crippen LogP contribution is 2.39. The molecule has 21 heavy (non-hydrogen) atoms. The number of rotatable bonds is 7. The Morgan fingerprint density at radius 3 is 2.24 bits per heavy atom. The molecule has 1 saturated carbocycles. The van der Waals surface area contributed by atoms with Gasteiger partial charge in [0.25, 0.3) is 0 Å². The van der Waals surface area contributed by atoms with Gasteiger partial charge in [-0.3, -0.25) is 0 Å². The number of hydrogen-bond acceptors (Lipinski definition) is 3. The lowest BCUT2D eigenvalue weighted by molar-refractivity contribution is 0.400. The molecule has 2 N–H and O–H groups in total. The van der Waals surface area contributed by atoms with E-state index in [0.717, 1.165) is 24.9 Å². The molecular formula is C16H26N2O2S. The van der Waals surface area contributed by atoms with Gasteiger partial charge in [-0.05, 0) is 50.3 Å². The summed E-state index contributed by atoms with van der Waals surface area (Å²) in [5.41, 5.74) is 0.723. The summed E-state index contributed by atoms with van der Waals surface area (Å²) in [6, 6.07) is 7.52. The van der Waals surface area contributed by atoms with Crippen LogP contribution in [0, 0.1) is 5.92 Å². The molecule has 2 rings (SSSR count). The third-order valence-corrected chi connectivity index (χ3v) is 5.63. The van der Waals surface area contributed by atoms with Crippen LogP contribution in [0.15, 0.2) is 29.2 Å². The van der Waals surface area contributed by atoms with Gasteiger partial charge >= 0.3 is 0 Å². The van der Waals surface area contributed by atoms with Crippen LogP contribution >= 0.6 is 0 Å². The van der Waals surface area contributed by atoms with Crippen LogP contribution in [0.25, 0.3) is 0 Å². The molecule has 0 radical (unpaired) electrons. The molecule has 1 fully saturated rings. The van der Waals surface area contributed by atoms with Crippen LogP contribution in [0.1, 0.15) is 46.1 Å². The third-order valence-electron chi connectivity index (χ3n) is 3.94. The summed E-state index contributed by atoms with van der Waals surface area (Å²) >= 11 is 0. The summed E-state index contributed by atoms with van der Waals surface area (Å²) in [5.74, 6) is 0.460. The van der Waals surface area contributed by atoms with E-state index in [4.69, 9.17) is 0 Å². The first-order chi connectivity index (χ1) is 9.71. The van der Waals surface area contributed by atoms with Crippen molar-refractivity contribution in [3.8, 4) is 0 Å². The number of hydrogen-bond donors (Lipinski definition) is 2. The lowest BCUT2D eigenvalue weighted by Gasteiger charge is -2.25. The average molecular weight is 310 g/mol. The summed E-state index contributed by atoms with van der Waals surface area (Å²) in [5, 5.41) is 3.32. The van der Waals surface area contributed by atoms with E-state index in [1.165, 1.54) is 0 Å². The van der Waals surface area contributed by atoms with Gasteiger partial charge in [0.15, 0.2) is 0 Å². The molecule has 0 saturated heterocycles. The standard InChI is InChI=1S/C16H26N2O2S/c1-12(2)17-11-13-5-9-15(10-6-13)21(19,20)18-16(3,4)14-7-8-14/h5-6,9-10,12,14,17-18H,7-8,11H2,1-4H3. The molecule has 0 bridgehead atoms. The SMILES string of the molecule is CC(C)NCc1ccc(S(=O)(=O)NC(C)(C)C2CC2)cc1. The molecule has 0 spiro atoms. The zero-order chi connectivity index (χ0) is 15.7. The van der Waals surface area contributed by atoms with Crippen molar-refractivity contribution in [3.63, 3.8) is 0 Å². The quantitative estimate of drug-likeness (QED) is 0.814. The van der Waals surface area contributed by atoms with Crippen molar-refractivity contribution < 1.29 is 8.42 Å². The summed E-state index contributed by atoms with van der Waals surface area (Å²) in [6.07, 6.45) is 2.21. The summed E-state index contributed by atoms with van der Waals surface area (Å²) < 4.78 is 27.7. The first kappa shape index (κ1) is 16.5. The molecule has 0 heterocycles. The predicted octanol–water partition coefficient (Wildman–Crippen LogP) is 2.65. The first-order valence-corrected chi connectivity index (χ1v) is 9.05. The van der Waals surface area contributed by atoms with E-state index in [9.17, 15) is 8.42 Å². The van der Waals surface area contributed by atoms with Gasteiger partial charge in [0.1, 0.15) is 0 Å². The Bertz CT molecular complexity index is 573. The Morgan fingerprint density at radius 1 is 1.19 bits per heavy atom. The molecular weight excluding hydrogens is 284 g/mol. The minimum atomic E-state index is -3.44. The van der Waals surface area contributed by atoms with Gasteiger partial charge in [-0.2, -0.15) is 0 Å². The van der Waals surface area contributed by atoms with E-state index in [0.29, 0.717) is 16.9 Å². The second kappa shape index (κ2) is 6.07. The molecule has 4 nitrogen and oxygen atoms in total. The van der Waals surface area contributed by atoms with Gasteiger partial charge in [-0.25, -0.2) is 13.1 Å². The molecule has 0 atom stereocenters. The normalized spacial score (nSPS) is 16.4. The smallest absolute Gasteiger partial charge is 0.241 e. The third kappa shape index (κ3) is 4.53. The van der Waals surface area contributed by atoms with Gasteiger partial charge in [0.2, 0.25) is 10.0 Å². The molecule has 118 valence electrons. The van der Waals surface area contributed by atoms with Crippen LogP contribution in [-0.2, 0) is 16.6 Å². The maximum atomic E-state index is 12.4. The van der Waals surface area contributed by atoms with E-state index >= 15 is 0 Å². The van der Waals surface area contributed by atoms with E-state index in [2.05, 4.69) is 23.9 Å². The summed E-state index contributed by atoms with van der Waals surface area (Å²) in [6.45, 7) is 8.84. The topological polar surface area (TPSA) is 58.2 Å². The van der Waals surface area contributed by atoms with Crippen LogP contribution < -0.4 is 10.0 Å². The van der Waals surface area contributed by atoms with Crippen LogP contribution in [0.3, 0.4) is 0 Å². The fraction of sp³-hybridized carbons (Fsp3) is 0.625. The fourth-order valence-corrected chi connectivity index (χ4v) is 3.87. The highest BCUT2D eigenvalue weighted by Gasteiger charge is 2.40. The second-order valence-corrected chi connectivity index (χ2v) is 8.46. The lowest BCUT2D eigenvalue weighted by atomic mass is 10.0. The van der Waals surface area contributed by atoms with Crippen LogP contribution in [0.4, 0.5) is 0 Å². The van der Waals surface area contributed by atoms with Crippen LogP contribution in [-0.4, -0.2) is 20.0 Å². The molecule has 0 unspecified atom stereocenters. The molecule has 0 aromatic heterocycles. The highest BCUT2D eigenvalue weighted by molar-refractivity contribution is 7.89. The molecule has 1 aromatic rings. The van der Waals surface area contributed by atoms with Crippen molar-refractivity contribution in [1.82, 2.24) is 10.0 Å². The Balaban J connectivity index is 2.06. The zero-order valence-electron chi connectivity index (χ0n) is 13.3. The molecule has 1 aliphatic rings. The summed E-state index contributed by atoms with van der Waals surface area (Å²) in [7, 11) is -3.44. The second-order valence-electron chi connectivity index (χ2n) is 6.78. The van der Waals surface area contributed by atoms with Crippen molar-refractivity contribution in [3.05, 3.63) is 29.8 Å². The predicted molar refractivity (Wildman–Crippen MR) is 85.5 cm³/mol. The van der Waals surface area contributed by atoms with Crippen molar-refractivity contribution in [1.29, 1.82) is 0 Å². The van der Waals surface area contributed by atoms with Gasteiger partial charge < -0.3 is 5.32 Å². The Kier molecular flexibility index (Phi) is 4.76. The fourth-order valence-electron chi connectivity index (χ4n) is 2.40. The van der Waals surface area contributed by atoms with Gasteiger partial charge in [0.05, 0.1) is 4.90 Å². The number of nitrogens with one attached hydrogen (secondary N) is 2. The van der Waals surface area contributed by atoms with Crippen molar-refractivity contribution in [2.24, 2.45) is 5.92 Å². The molecule has 0 amide bonds. The minimum Gasteiger partial charge on any atom is -0.310 e. The highest BCUT2D eigenvalue weighted by atomic mass is 32.2. The number of benzene rings is 1. The first-order valence-electron chi connectivity index (χ1n) is 7.57. The van der Waals surface area contributed by atoms with Gasteiger partial charge in [-0.15, -0.1) is 0 Å². The van der Waals surface area contributed by atoms with Crippen molar-refractivity contribution in [2.45, 2.75) is 63.6 Å². The molecule has 5 heteroatoms. The minimum absolute atomic E-state index is 0.338. The van der Waals surface area contributed by atoms with Crippen molar-refractivity contribution in [2.75, 3.05) is 0 Å².